The Balaban J connectivity index is 3.65. The fraction of sp³-hybridized carbons (Fsp3) is 0.429. The van der Waals surface area contributed by atoms with Crippen molar-refractivity contribution in [3.8, 4) is 0 Å². The van der Waals surface area contributed by atoms with E-state index in [0.717, 1.165) is 0 Å². The van der Waals surface area contributed by atoms with Crippen molar-refractivity contribution < 1.29 is 14.7 Å². The zero-order chi connectivity index (χ0) is 8.15. The number of carboxylic acid groups (broad SMARTS) is 1. The second-order valence-corrected chi connectivity index (χ2v) is 2.24. The molecule has 0 aliphatic heterocycles. The van der Waals surface area contributed by atoms with Crippen LogP contribution in [0.15, 0.2) is 12.2 Å². The van der Waals surface area contributed by atoms with Crippen molar-refractivity contribution >= 4 is 11.8 Å². The molecule has 0 radical (unpaired) electrons. The van der Waals surface area contributed by atoms with E-state index in [4.69, 9.17) is 5.11 Å². The first kappa shape index (κ1) is 8.88. The molecule has 0 heterocycles. The minimum atomic E-state index is -1.08. The van der Waals surface area contributed by atoms with Gasteiger partial charge in [0.25, 0.3) is 0 Å². The monoisotopic (exact) mass is 142 g/mol. The van der Waals surface area contributed by atoms with Gasteiger partial charge in [0.1, 0.15) is 12.2 Å². The van der Waals surface area contributed by atoms with Gasteiger partial charge in [-0.2, -0.15) is 0 Å². The number of aliphatic carboxylic acids is 1. The van der Waals surface area contributed by atoms with Crippen LogP contribution in [0.4, 0.5) is 0 Å². The van der Waals surface area contributed by atoms with E-state index >= 15 is 0 Å². The van der Waals surface area contributed by atoms with Crippen molar-refractivity contribution in [3.05, 3.63) is 12.2 Å². The molecule has 0 atom stereocenters. The minimum absolute atomic E-state index is 0.173. The summed E-state index contributed by atoms with van der Waals surface area (Å²) in [6, 6.07) is 0. The molecule has 0 amide bonds. The maximum Gasteiger partial charge on any atom is 0.310 e. The van der Waals surface area contributed by atoms with E-state index in [-0.39, 0.29) is 12.2 Å². The van der Waals surface area contributed by atoms with Gasteiger partial charge in [0, 0.05) is 6.42 Å². The molecule has 0 aromatic rings. The van der Waals surface area contributed by atoms with E-state index in [2.05, 4.69) is 6.58 Å². The molecule has 0 aliphatic rings. The molecule has 0 saturated carbocycles. The highest BCUT2D eigenvalue weighted by Gasteiger charge is 2.06. The SMILES string of the molecule is C=C(C)CC(=O)CC(=O)O. The van der Waals surface area contributed by atoms with Crippen LogP contribution in [0.1, 0.15) is 19.8 Å². The van der Waals surface area contributed by atoms with Crippen LogP contribution >= 0.6 is 0 Å². The van der Waals surface area contributed by atoms with Crippen molar-refractivity contribution in [2.24, 2.45) is 0 Å². The number of hydrogen-bond acceptors (Lipinski definition) is 2. The number of ketones is 1. The molecular formula is C7H10O3. The van der Waals surface area contributed by atoms with Crippen LogP contribution in [0.2, 0.25) is 0 Å². The summed E-state index contributed by atoms with van der Waals surface area (Å²) in [5.41, 5.74) is 0.700. The largest absolute Gasteiger partial charge is 0.481 e. The van der Waals surface area contributed by atoms with Gasteiger partial charge in [-0.05, 0) is 6.92 Å². The zero-order valence-corrected chi connectivity index (χ0v) is 5.89. The minimum Gasteiger partial charge on any atom is -0.481 e. The molecule has 0 spiro atoms. The van der Waals surface area contributed by atoms with Gasteiger partial charge in [-0.15, -0.1) is 0 Å². The Morgan fingerprint density at radius 1 is 1.40 bits per heavy atom. The lowest BCUT2D eigenvalue weighted by Crippen LogP contribution is -2.06. The number of carbonyl (C=O) groups is 2. The lowest BCUT2D eigenvalue weighted by molar-refractivity contribution is -0.140. The van der Waals surface area contributed by atoms with Crippen LogP contribution in [0.25, 0.3) is 0 Å². The van der Waals surface area contributed by atoms with Crippen molar-refractivity contribution in [1.82, 2.24) is 0 Å². The summed E-state index contributed by atoms with van der Waals surface area (Å²) in [5.74, 6) is -1.37. The van der Waals surface area contributed by atoms with Gasteiger partial charge in [0.05, 0.1) is 0 Å². The highest BCUT2D eigenvalue weighted by Crippen LogP contribution is 1.98. The fourth-order valence-electron chi connectivity index (χ4n) is 0.568. The van der Waals surface area contributed by atoms with Crippen molar-refractivity contribution in [1.29, 1.82) is 0 Å². The first-order valence-corrected chi connectivity index (χ1v) is 2.90. The second kappa shape index (κ2) is 3.82. The van der Waals surface area contributed by atoms with Crippen molar-refractivity contribution in [2.75, 3.05) is 0 Å². The van der Waals surface area contributed by atoms with Gasteiger partial charge in [-0.3, -0.25) is 9.59 Å². The number of hydrogen-bond donors (Lipinski definition) is 1. The molecule has 0 aliphatic carbocycles. The Morgan fingerprint density at radius 3 is 2.20 bits per heavy atom. The fourth-order valence-corrected chi connectivity index (χ4v) is 0.568. The number of carboxylic acids is 1. The lowest BCUT2D eigenvalue weighted by Gasteiger charge is -1.94. The Bertz CT molecular complexity index is 152. The topological polar surface area (TPSA) is 54.4 Å². The molecule has 10 heavy (non-hydrogen) atoms. The molecule has 0 aromatic carbocycles. The molecule has 56 valence electrons. The molecular weight excluding hydrogens is 132 g/mol. The lowest BCUT2D eigenvalue weighted by atomic mass is 10.1. The Labute approximate surface area is 59.4 Å². The predicted octanol–water partition coefficient (Wildman–Crippen LogP) is 0.996. The third kappa shape index (κ3) is 5.03. The van der Waals surface area contributed by atoms with Gasteiger partial charge in [-0.1, -0.05) is 12.2 Å². The van der Waals surface area contributed by atoms with Crippen LogP contribution in [0.3, 0.4) is 0 Å². The number of rotatable bonds is 4. The molecule has 1 N–H and O–H groups in total. The third-order valence-electron chi connectivity index (χ3n) is 0.847. The maximum absolute atomic E-state index is 10.6. The van der Waals surface area contributed by atoms with Crippen LogP contribution in [-0.4, -0.2) is 16.9 Å². The molecule has 0 bridgehead atoms. The summed E-state index contributed by atoms with van der Waals surface area (Å²) in [5, 5.41) is 8.15. The van der Waals surface area contributed by atoms with Gasteiger partial charge in [0.2, 0.25) is 0 Å². The van der Waals surface area contributed by atoms with E-state index in [1.54, 1.807) is 6.92 Å². The molecule has 3 nitrogen and oxygen atoms in total. The molecule has 0 saturated heterocycles. The van der Waals surface area contributed by atoms with Gasteiger partial charge in [-0.25, -0.2) is 0 Å². The van der Waals surface area contributed by atoms with Crippen LogP contribution in [0, 0.1) is 0 Å². The van der Waals surface area contributed by atoms with Crippen LogP contribution < -0.4 is 0 Å². The molecule has 0 unspecified atom stereocenters. The summed E-state index contributed by atoms with van der Waals surface area (Å²) >= 11 is 0. The highest BCUT2D eigenvalue weighted by atomic mass is 16.4. The average molecular weight is 142 g/mol. The molecule has 3 heteroatoms. The Morgan fingerprint density at radius 2 is 1.90 bits per heavy atom. The van der Waals surface area contributed by atoms with E-state index in [1.165, 1.54) is 0 Å². The zero-order valence-electron chi connectivity index (χ0n) is 5.89. The van der Waals surface area contributed by atoms with Gasteiger partial charge >= 0.3 is 5.97 Å². The van der Waals surface area contributed by atoms with E-state index < -0.39 is 12.4 Å². The number of allylic oxidation sites excluding steroid dienone is 1. The quantitative estimate of drug-likeness (QED) is 0.470. The van der Waals surface area contributed by atoms with Crippen molar-refractivity contribution in [3.63, 3.8) is 0 Å². The van der Waals surface area contributed by atoms with Crippen LogP contribution in [0.5, 0.6) is 0 Å². The second-order valence-electron chi connectivity index (χ2n) is 2.24. The van der Waals surface area contributed by atoms with E-state index in [0.29, 0.717) is 5.57 Å². The summed E-state index contributed by atoms with van der Waals surface area (Å²) < 4.78 is 0. The van der Waals surface area contributed by atoms with Crippen molar-refractivity contribution in [2.45, 2.75) is 19.8 Å². The van der Waals surface area contributed by atoms with E-state index in [9.17, 15) is 9.59 Å². The Hall–Kier alpha value is -1.12. The predicted molar refractivity (Wildman–Crippen MR) is 36.7 cm³/mol. The smallest absolute Gasteiger partial charge is 0.310 e. The molecule has 0 rings (SSSR count). The van der Waals surface area contributed by atoms with E-state index in [1.807, 2.05) is 0 Å². The van der Waals surface area contributed by atoms with Gasteiger partial charge < -0.3 is 5.11 Å². The summed E-state index contributed by atoms with van der Waals surface area (Å²) in [6.45, 7) is 5.18. The maximum atomic E-state index is 10.6. The number of Topliss-reactive ketones (excluding diaryl/α,β-unsaturated/α-hetero) is 1. The Kier molecular flexibility index (Phi) is 3.39. The molecule has 0 aromatic heterocycles. The third-order valence-corrected chi connectivity index (χ3v) is 0.847. The highest BCUT2D eigenvalue weighted by molar-refractivity contribution is 5.95. The summed E-state index contributed by atoms with van der Waals surface area (Å²) in [6.07, 6.45) is -0.223. The first-order valence-electron chi connectivity index (χ1n) is 2.90. The van der Waals surface area contributed by atoms with Crippen LogP contribution in [-0.2, 0) is 9.59 Å². The normalized spacial score (nSPS) is 8.90. The summed E-state index contributed by atoms with van der Waals surface area (Å²) in [7, 11) is 0. The number of carbonyl (C=O) groups excluding carboxylic acids is 1. The summed E-state index contributed by atoms with van der Waals surface area (Å²) in [4.78, 5) is 20.6. The average Bonchev–Trinajstić information content (AvgIpc) is 1.58. The first-order chi connectivity index (χ1) is 4.52. The molecule has 0 fully saturated rings. The standard InChI is InChI=1S/C7H10O3/c1-5(2)3-6(8)4-7(9)10/h1,3-4H2,2H3,(H,9,10). The van der Waals surface area contributed by atoms with Gasteiger partial charge in [0.15, 0.2) is 0 Å².